The Balaban J connectivity index is 2.27. The summed E-state index contributed by atoms with van der Waals surface area (Å²) in [5, 5.41) is 2.11. The Bertz CT molecular complexity index is 742. The zero-order chi connectivity index (χ0) is 13.2. The van der Waals surface area contributed by atoms with Crippen LogP contribution in [0.5, 0.6) is 6.01 Å². The molecule has 3 aromatic rings. The molecule has 2 aromatic heterocycles. The largest absolute Gasteiger partial charge is 0.467 e. The van der Waals surface area contributed by atoms with E-state index in [4.69, 9.17) is 16.3 Å². The molecule has 0 unspecified atom stereocenters. The average Bonchev–Trinajstić information content (AvgIpc) is 2.46. The van der Waals surface area contributed by atoms with Gasteiger partial charge in [-0.2, -0.15) is 15.0 Å². The van der Waals surface area contributed by atoms with E-state index in [-0.39, 0.29) is 11.3 Å². The van der Waals surface area contributed by atoms with Crippen molar-refractivity contribution in [2.45, 2.75) is 0 Å². The average molecular weight is 273 g/mol. The molecule has 19 heavy (non-hydrogen) atoms. The highest BCUT2D eigenvalue weighted by Crippen LogP contribution is 2.26. The number of pyridine rings is 1. The Kier molecular flexibility index (Phi) is 2.97. The van der Waals surface area contributed by atoms with E-state index >= 15 is 0 Å². The van der Waals surface area contributed by atoms with Crippen LogP contribution in [0.25, 0.3) is 22.2 Å². The van der Waals surface area contributed by atoms with Crippen LogP contribution >= 0.6 is 11.6 Å². The van der Waals surface area contributed by atoms with Crippen molar-refractivity contribution in [3.8, 4) is 17.4 Å². The SMILES string of the molecule is COc1nc(Cl)nc(-c2cccc3ccncc23)n1. The molecule has 0 aliphatic carbocycles. The molecule has 3 rings (SSSR count). The molecule has 0 saturated carbocycles. The van der Waals surface area contributed by atoms with Crippen LogP contribution < -0.4 is 4.74 Å². The van der Waals surface area contributed by atoms with E-state index in [0.29, 0.717) is 5.82 Å². The van der Waals surface area contributed by atoms with Gasteiger partial charge in [-0.25, -0.2) is 0 Å². The molecule has 0 bridgehead atoms. The maximum absolute atomic E-state index is 5.87. The summed E-state index contributed by atoms with van der Waals surface area (Å²) in [5.74, 6) is 0.468. The van der Waals surface area contributed by atoms with E-state index in [2.05, 4.69) is 19.9 Å². The molecule has 6 heteroatoms. The van der Waals surface area contributed by atoms with Crippen LogP contribution in [0.1, 0.15) is 0 Å². The van der Waals surface area contributed by atoms with Crippen molar-refractivity contribution >= 4 is 22.4 Å². The number of hydrogen-bond donors (Lipinski definition) is 0. The standard InChI is InChI=1S/C13H9ClN4O/c1-19-13-17-11(16-12(14)18-13)9-4-2-3-8-5-6-15-7-10(8)9/h2-7H,1H3. The van der Waals surface area contributed by atoms with E-state index in [1.807, 2.05) is 24.3 Å². The van der Waals surface area contributed by atoms with Gasteiger partial charge >= 0.3 is 6.01 Å². The molecule has 0 radical (unpaired) electrons. The minimum Gasteiger partial charge on any atom is -0.467 e. The first-order valence-electron chi connectivity index (χ1n) is 5.56. The van der Waals surface area contributed by atoms with Crippen molar-refractivity contribution in [1.82, 2.24) is 19.9 Å². The van der Waals surface area contributed by atoms with Gasteiger partial charge in [-0.05, 0) is 23.1 Å². The van der Waals surface area contributed by atoms with Gasteiger partial charge in [-0.15, -0.1) is 0 Å². The van der Waals surface area contributed by atoms with E-state index in [9.17, 15) is 0 Å². The molecule has 0 N–H and O–H groups in total. The van der Waals surface area contributed by atoms with Crippen LogP contribution in [-0.2, 0) is 0 Å². The molecule has 1 aromatic carbocycles. The predicted octanol–water partition coefficient (Wildman–Crippen LogP) is 2.75. The number of benzene rings is 1. The fourth-order valence-corrected chi connectivity index (χ4v) is 2.00. The maximum Gasteiger partial charge on any atom is 0.321 e. The molecular weight excluding hydrogens is 264 g/mol. The van der Waals surface area contributed by atoms with E-state index < -0.39 is 0 Å². The topological polar surface area (TPSA) is 60.8 Å². The first-order valence-corrected chi connectivity index (χ1v) is 5.94. The lowest BCUT2D eigenvalue weighted by Gasteiger charge is -2.06. The van der Waals surface area contributed by atoms with Gasteiger partial charge in [0, 0.05) is 23.3 Å². The lowest BCUT2D eigenvalue weighted by atomic mass is 10.1. The van der Waals surface area contributed by atoms with Crippen LogP contribution in [0.15, 0.2) is 36.7 Å². The number of methoxy groups -OCH3 is 1. The number of nitrogens with zero attached hydrogens (tertiary/aromatic N) is 4. The third-order valence-corrected chi connectivity index (χ3v) is 2.86. The minimum absolute atomic E-state index is 0.0998. The number of fused-ring (bicyclic) bond motifs is 1. The monoisotopic (exact) mass is 272 g/mol. The second kappa shape index (κ2) is 4.78. The fourth-order valence-electron chi connectivity index (χ4n) is 1.85. The van der Waals surface area contributed by atoms with Gasteiger partial charge < -0.3 is 4.74 Å². The van der Waals surface area contributed by atoms with E-state index in [0.717, 1.165) is 16.3 Å². The Labute approximate surface area is 114 Å². The van der Waals surface area contributed by atoms with Crippen molar-refractivity contribution in [3.05, 3.63) is 41.9 Å². The molecule has 0 aliphatic heterocycles. The second-order valence-electron chi connectivity index (χ2n) is 3.82. The zero-order valence-electron chi connectivity index (χ0n) is 10.0. The number of ether oxygens (including phenoxy) is 1. The third kappa shape index (κ3) is 2.20. The van der Waals surface area contributed by atoms with Crippen molar-refractivity contribution in [2.24, 2.45) is 0 Å². The summed E-state index contributed by atoms with van der Waals surface area (Å²) >= 11 is 5.87. The van der Waals surface area contributed by atoms with Crippen LogP contribution in [0.2, 0.25) is 5.28 Å². The smallest absolute Gasteiger partial charge is 0.321 e. The molecule has 0 saturated heterocycles. The third-order valence-electron chi connectivity index (χ3n) is 2.69. The first-order chi connectivity index (χ1) is 9.28. The number of halogens is 1. The Morgan fingerprint density at radius 3 is 2.84 bits per heavy atom. The predicted molar refractivity (Wildman–Crippen MR) is 72.1 cm³/mol. The summed E-state index contributed by atoms with van der Waals surface area (Å²) in [7, 11) is 1.49. The molecule has 2 heterocycles. The Morgan fingerprint density at radius 1 is 1.11 bits per heavy atom. The molecule has 5 nitrogen and oxygen atoms in total. The lowest BCUT2D eigenvalue weighted by molar-refractivity contribution is 0.379. The van der Waals surface area contributed by atoms with Crippen molar-refractivity contribution < 1.29 is 4.74 Å². The summed E-state index contributed by atoms with van der Waals surface area (Å²) in [6, 6.07) is 7.96. The number of aromatic nitrogens is 4. The molecule has 0 spiro atoms. The highest BCUT2D eigenvalue weighted by Gasteiger charge is 2.10. The Hall–Kier alpha value is -2.27. The maximum atomic E-state index is 5.87. The molecule has 94 valence electrons. The molecular formula is C13H9ClN4O. The van der Waals surface area contributed by atoms with Crippen molar-refractivity contribution in [1.29, 1.82) is 0 Å². The minimum atomic E-state index is 0.0998. The van der Waals surface area contributed by atoms with Gasteiger partial charge in [0.15, 0.2) is 5.82 Å². The summed E-state index contributed by atoms with van der Waals surface area (Å²) in [5.41, 5.74) is 0.841. The summed E-state index contributed by atoms with van der Waals surface area (Å²) < 4.78 is 5.01. The van der Waals surface area contributed by atoms with Crippen LogP contribution in [0.3, 0.4) is 0 Å². The normalized spacial score (nSPS) is 10.6. The van der Waals surface area contributed by atoms with E-state index in [1.54, 1.807) is 12.4 Å². The highest BCUT2D eigenvalue weighted by atomic mass is 35.5. The Morgan fingerprint density at radius 2 is 2.00 bits per heavy atom. The quantitative estimate of drug-likeness (QED) is 0.718. The van der Waals surface area contributed by atoms with Crippen LogP contribution in [0, 0.1) is 0 Å². The van der Waals surface area contributed by atoms with Crippen LogP contribution in [0.4, 0.5) is 0 Å². The van der Waals surface area contributed by atoms with Gasteiger partial charge in [-0.1, -0.05) is 18.2 Å². The van der Waals surface area contributed by atoms with Gasteiger partial charge in [0.2, 0.25) is 5.28 Å². The van der Waals surface area contributed by atoms with Gasteiger partial charge in [0.25, 0.3) is 0 Å². The number of hydrogen-bond acceptors (Lipinski definition) is 5. The highest BCUT2D eigenvalue weighted by molar-refractivity contribution is 6.28. The fraction of sp³-hybridized carbons (Fsp3) is 0.0769. The molecule has 0 aliphatic rings. The number of rotatable bonds is 2. The summed E-state index contributed by atoms with van der Waals surface area (Å²) in [6.45, 7) is 0. The molecule has 0 amide bonds. The summed E-state index contributed by atoms with van der Waals surface area (Å²) in [4.78, 5) is 16.3. The van der Waals surface area contributed by atoms with Gasteiger partial charge in [0.1, 0.15) is 0 Å². The first kappa shape index (κ1) is 11.8. The van der Waals surface area contributed by atoms with Gasteiger partial charge in [-0.3, -0.25) is 4.98 Å². The van der Waals surface area contributed by atoms with Gasteiger partial charge in [0.05, 0.1) is 7.11 Å². The zero-order valence-corrected chi connectivity index (χ0v) is 10.8. The summed E-state index contributed by atoms with van der Waals surface area (Å²) in [6.07, 6.45) is 3.52. The van der Waals surface area contributed by atoms with Crippen molar-refractivity contribution in [2.75, 3.05) is 7.11 Å². The van der Waals surface area contributed by atoms with Crippen LogP contribution in [-0.4, -0.2) is 27.0 Å². The molecule has 0 fully saturated rings. The van der Waals surface area contributed by atoms with Crippen molar-refractivity contribution in [3.63, 3.8) is 0 Å². The molecule has 0 atom stereocenters. The lowest BCUT2D eigenvalue weighted by Crippen LogP contribution is -1.98. The van der Waals surface area contributed by atoms with E-state index in [1.165, 1.54) is 7.11 Å². The second-order valence-corrected chi connectivity index (χ2v) is 4.16.